The van der Waals surface area contributed by atoms with Crippen molar-refractivity contribution in [2.75, 3.05) is 28.2 Å². The van der Waals surface area contributed by atoms with E-state index >= 15 is 0 Å². The van der Waals surface area contributed by atoms with Gasteiger partial charge in [0.1, 0.15) is 12.3 Å². The Morgan fingerprint density at radius 1 is 1.35 bits per heavy atom. The van der Waals surface area contributed by atoms with Crippen LogP contribution in [-0.2, 0) is 6.54 Å². The van der Waals surface area contributed by atoms with E-state index in [1.807, 2.05) is 19.1 Å². The molecular formula is C13H21N2O2+. The molecule has 0 spiro atoms. The van der Waals surface area contributed by atoms with Gasteiger partial charge in [0.15, 0.2) is 0 Å². The Morgan fingerprint density at radius 3 is 2.53 bits per heavy atom. The molecule has 1 aromatic rings. The fraction of sp³-hybridized carbons (Fsp3) is 0.462. The summed E-state index contributed by atoms with van der Waals surface area (Å²) in [6.07, 6.45) is -0.434. The Morgan fingerprint density at radius 2 is 2.00 bits per heavy atom. The highest BCUT2D eigenvalue weighted by atomic mass is 16.6. The molecule has 4 nitrogen and oxygen atoms in total. The lowest BCUT2D eigenvalue weighted by molar-refractivity contribution is -0.884. The zero-order chi connectivity index (χ0) is 13.1. The van der Waals surface area contributed by atoms with E-state index in [2.05, 4.69) is 32.5 Å². The Kier molecular flexibility index (Phi) is 4.12. The Balaban J connectivity index is 2.99. The molecule has 0 aliphatic heterocycles. The summed E-state index contributed by atoms with van der Waals surface area (Å²) in [6.45, 7) is 2.84. The molecule has 0 aromatic heterocycles. The van der Waals surface area contributed by atoms with Crippen LogP contribution in [-0.4, -0.2) is 38.8 Å². The Bertz CT molecular complexity index is 408. The van der Waals surface area contributed by atoms with Gasteiger partial charge in [-0.25, -0.2) is 4.79 Å². The number of benzene rings is 1. The molecule has 4 heteroatoms. The monoisotopic (exact) mass is 237 g/mol. The lowest BCUT2D eigenvalue weighted by atomic mass is 10.1. The SMILES string of the molecule is CNC(=O)Oc1ccc(C)cc1C[N+](C)(C)C. The van der Waals surface area contributed by atoms with E-state index in [9.17, 15) is 4.79 Å². The summed E-state index contributed by atoms with van der Waals surface area (Å²) in [7, 11) is 7.86. The molecule has 94 valence electrons. The normalized spacial score (nSPS) is 11.1. The van der Waals surface area contributed by atoms with Crippen molar-refractivity contribution in [1.29, 1.82) is 0 Å². The van der Waals surface area contributed by atoms with Crippen LogP contribution in [0.2, 0.25) is 0 Å². The van der Waals surface area contributed by atoms with E-state index < -0.39 is 6.09 Å². The van der Waals surface area contributed by atoms with Gasteiger partial charge in [0.2, 0.25) is 0 Å². The minimum Gasteiger partial charge on any atom is -0.410 e. The fourth-order valence-corrected chi connectivity index (χ4v) is 1.59. The summed E-state index contributed by atoms with van der Waals surface area (Å²) < 4.78 is 6.02. The second-order valence-corrected chi connectivity index (χ2v) is 5.20. The van der Waals surface area contributed by atoms with Crippen molar-refractivity contribution in [2.24, 2.45) is 0 Å². The molecule has 0 heterocycles. The van der Waals surface area contributed by atoms with Crippen molar-refractivity contribution in [1.82, 2.24) is 5.32 Å². The maximum absolute atomic E-state index is 11.2. The summed E-state index contributed by atoms with van der Waals surface area (Å²) in [5.74, 6) is 0.628. The Labute approximate surface area is 103 Å². The van der Waals surface area contributed by atoms with Crippen LogP contribution in [0.5, 0.6) is 5.75 Å². The number of aryl methyl sites for hydroxylation is 1. The molecular weight excluding hydrogens is 216 g/mol. The van der Waals surface area contributed by atoms with Gasteiger partial charge in [0, 0.05) is 12.6 Å². The second kappa shape index (κ2) is 5.19. The molecule has 0 saturated heterocycles. The van der Waals surface area contributed by atoms with Crippen molar-refractivity contribution < 1.29 is 14.0 Å². The third kappa shape index (κ3) is 4.44. The Hall–Kier alpha value is -1.55. The van der Waals surface area contributed by atoms with Crippen molar-refractivity contribution in [3.8, 4) is 5.75 Å². The van der Waals surface area contributed by atoms with Crippen molar-refractivity contribution in [3.63, 3.8) is 0 Å². The molecule has 0 aliphatic rings. The lowest BCUT2D eigenvalue weighted by Gasteiger charge is -2.25. The number of quaternary nitrogens is 1. The maximum Gasteiger partial charge on any atom is 0.412 e. The van der Waals surface area contributed by atoms with Crippen LogP contribution in [0.3, 0.4) is 0 Å². The van der Waals surface area contributed by atoms with E-state index in [0.717, 1.165) is 22.2 Å². The average molecular weight is 237 g/mol. The minimum absolute atomic E-state index is 0.434. The molecule has 1 N–H and O–H groups in total. The van der Waals surface area contributed by atoms with Gasteiger partial charge in [0.05, 0.1) is 21.1 Å². The number of ether oxygens (including phenoxy) is 1. The summed E-state index contributed by atoms with van der Waals surface area (Å²) in [6, 6.07) is 5.84. The van der Waals surface area contributed by atoms with Crippen LogP contribution in [0, 0.1) is 6.92 Å². The van der Waals surface area contributed by atoms with Crippen LogP contribution in [0.1, 0.15) is 11.1 Å². The largest absolute Gasteiger partial charge is 0.412 e. The topological polar surface area (TPSA) is 38.3 Å². The number of nitrogens with one attached hydrogen (secondary N) is 1. The summed E-state index contributed by atoms with van der Waals surface area (Å²) in [4.78, 5) is 11.2. The van der Waals surface area contributed by atoms with E-state index in [1.165, 1.54) is 0 Å². The molecule has 0 aliphatic carbocycles. The first-order valence-electron chi connectivity index (χ1n) is 5.61. The molecule has 17 heavy (non-hydrogen) atoms. The van der Waals surface area contributed by atoms with Crippen molar-refractivity contribution in [2.45, 2.75) is 13.5 Å². The van der Waals surface area contributed by atoms with Crippen LogP contribution in [0.4, 0.5) is 4.79 Å². The molecule has 1 aromatic carbocycles. The first-order valence-corrected chi connectivity index (χ1v) is 5.61. The summed E-state index contributed by atoms with van der Waals surface area (Å²) >= 11 is 0. The van der Waals surface area contributed by atoms with Crippen LogP contribution in [0.25, 0.3) is 0 Å². The number of carbonyl (C=O) groups is 1. The third-order valence-electron chi connectivity index (χ3n) is 2.27. The number of rotatable bonds is 3. The van der Waals surface area contributed by atoms with Gasteiger partial charge >= 0.3 is 6.09 Å². The van der Waals surface area contributed by atoms with Gasteiger partial charge < -0.3 is 14.5 Å². The molecule has 0 fully saturated rings. The highest BCUT2D eigenvalue weighted by Gasteiger charge is 2.15. The van der Waals surface area contributed by atoms with E-state index in [-0.39, 0.29) is 0 Å². The van der Waals surface area contributed by atoms with Gasteiger partial charge in [0.25, 0.3) is 0 Å². The van der Waals surface area contributed by atoms with Crippen LogP contribution >= 0.6 is 0 Å². The predicted molar refractivity (Wildman–Crippen MR) is 68.0 cm³/mol. The first-order chi connectivity index (χ1) is 7.81. The average Bonchev–Trinajstić information content (AvgIpc) is 2.19. The number of carbonyl (C=O) groups excluding carboxylic acids is 1. The first kappa shape index (κ1) is 13.5. The molecule has 1 rings (SSSR count). The van der Waals surface area contributed by atoms with Crippen molar-refractivity contribution in [3.05, 3.63) is 29.3 Å². The van der Waals surface area contributed by atoms with Gasteiger partial charge in [-0.15, -0.1) is 0 Å². The quantitative estimate of drug-likeness (QED) is 0.816. The molecule has 0 radical (unpaired) electrons. The molecule has 1 amide bonds. The van der Waals surface area contributed by atoms with Gasteiger partial charge in [-0.05, 0) is 19.1 Å². The highest BCUT2D eigenvalue weighted by molar-refractivity contribution is 5.70. The maximum atomic E-state index is 11.2. The van der Waals surface area contributed by atoms with E-state index in [4.69, 9.17) is 4.74 Å². The van der Waals surface area contributed by atoms with Gasteiger partial charge in [-0.3, -0.25) is 0 Å². The zero-order valence-electron chi connectivity index (χ0n) is 11.2. The number of hydrogen-bond acceptors (Lipinski definition) is 2. The van der Waals surface area contributed by atoms with Crippen LogP contribution in [0.15, 0.2) is 18.2 Å². The lowest BCUT2D eigenvalue weighted by Crippen LogP contribution is -2.33. The number of nitrogens with zero attached hydrogens (tertiary/aromatic N) is 1. The molecule has 0 saturated carbocycles. The third-order valence-corrected chi connectivity index (χ3v) is 2.27. The van der Waals surface area contributed by atoms with E-state index in [0.29, 0.717) is 5.75 Å². The predicted octanol–water partition coefficient (Wildman–Crippen LogP) is 1.92. The number of hydrogen-bond donors (Lipinski definition) is 1. The zero-order valence-corrected chi connectivity index (χ0v) is 11.2. The second-order valence-electron chi connectivity index (χ2n) is 5.20. The molecule has 0 unspecified atom stereocenters. The minimum atomic E-state index is -0.434. The smallest absolute Gasteiger partial charge is 0.410 e. The number of amides is 1. The van der Waals surface area contributed by atoms with E-state index in [1.54, 1.807) is 7.05 Å². The van der Waals surface area contributed by atoms with Gasteiger partial charge in [-0.1, -0.05) is 11.6 Å². The van der Waals surface area contributed by atoms with Crippen molar-refractivity contribution >= 4 is 6.09 Å². The highest BCUT2D eigenvalue weighted by Crippen LogP contribution is 2.22. The van der Waals surface area contributed by atoms with Crippen LogP contribution < -0.4 is 10.1 Å². The molecule has 0 atom stereocenters. The fourth-order valence-electron chi connectivity index (χ4n) is 1.59. The van der Waals surface area contributed by atoms with Gasteiger partial charge in [-0.2, -0.15) is 0 Å². The summed E-state index contributed by atoms with van der Waals surface area (Å²) in [5, 5.41) is 2.45. The summed E-state index contributed by atoms with van der Waals surface area (Å²) in [5.41, 5.74) is 2.21. The standard InChI is InChI=1S/C13H20N2O2/c1-10-6-7-12(17-13(16)14-2)11(8-10)9-15(3,4)5/h6-8H,9H2,1-5H3/p+1. The molecule has 0 bridgehead atoms.